The first-order valence-corrected chi connectivity index (χ1v) is 4.20. The van der Waals surface area contributed by atoms with E-state index in [1.54, 1.807) is 16.3 Å². The summed E-state index contributed by atoms with van der Waals surface area (Å²) < 4.78 is 0. The van der Waals surface area contributed by atoms with Gasteiger partial charge in [-0.05, 0) is 36.7 Å². The van der Waals surface area contributed by atoms with Crippen molar-refractivity contribution in [2.45, 2.75) is 0 Å². The van der Waals surface area contributed by atoms with Gasteiger partial charge in [-0.3, -0.25) is 0 Å². The van der Waals surface area contributed by atoms with Crippen molar-refractivity contribution >= 4 is 52.0 Å². The van der Waals surface area contributed by atoms with Crippen LogP contribution in [-0.2, 0) is 18.6 Å². The Labute approximate surface area is 121 Å². The molecule has 0 amide bonds. The second-order valence-electron chi connectivity index (χ2n) is 1.47. The molecule has 0 heterocycles. The first-order chi connectivity index (χ1) is 6.81. The van der Waals surface area contributed by atoms with Crippen molar-refractivity contribution in [3.05, 3.63) is 17.5 Å². The first kappa shape index (κ1) is 24.7. The molecule has 0 aromatic rings. The fourth-order valence-corrected chi connectivity index (χ4v) is 0. The number of nitrogens with two attached hydrogens (primary N) is 3. The Morgan fingerprint density at radius 1 is 0.688 bits per heavy atom. The maximum Gasteiger partial charge on any atom is 0.146 e. The van der Waals surface area contributed by atoms with E-state index in [-0.39, 0.29) is 33.9 Å². The van der Waals surface area contributed by atoms with Crippen molar-refractivity contribution in [3.63, 3.8) is 0 Å². The van der Waals surface area contributed by atoms with Gasteiger partial charge in [0.2, 0.25) is 0 Å². The van der Waals surface area contributed by atoms with Crippen LogP contribution in [0.1, 0.15) is 0 Å². The maximum atomic E-state index is 6.14. The number of hydrogen-bond donors (Lipinski definition) is 6. The summed E-state index contributed by atoms with van der Waals surface area (Å²) in [6.45, 7) is 0. The molecule has 0 aliphatic carbocycles. The van der Waals surface area contributed by atoms with E-state index in [0.717, 1.165) is 0 Å². The third-order valence-electron chi connectivity index (χ3n) is 0.370. The van der Waals surface area contributed by atoms with Crippen LogP contribution in [0.5, 0.6) is 0 Å². The van der Waals surface area contributed by atoms with Gasteiger partial charge in [-0.1, -0.05) is 0 Å². The van der Waals surface area contributed by atoms with E-state index in [2.05, 4.69) is 36.7 Å². The second-order valence-corrected chi connectivity index (χ2v) is 2.79. The molecule has 95 valence electrons. The van der Waals surface area contributed by atoms with Crippen LogP contribution in [0.25, 0.3) is 17.5 Å². The average molecular weight is 321 g/mol. The molecule has 13 heteroatoms. The fourth-order valence-electron chi connectivity index (χ4n) is 0. The Morgan fingerprint density at radius 3 is 0.750 bits per heavy atom. The smallest absolute Gasteiger partial charge is 0.146 e. The standard InChI is InChI=1S/3CH4N3S.V/c3*2-1(5)4-3;/h3*3H,(H3,2,4,5);/q3*-1;. The minimum absolute atomic E-state index is 0. The molecule has 12 N–H and O–H groups in total. The van der Waals surface area contributed by atoms with Gasteiger partial charge in [0.1, 0.15) is 15.3 Å². The van der Waals surface area contributed by atoms with Gasteiger partial charge in [-0.25, -0.2) is 0 Å². The van der Waals surface area contributed by atoms with Crippen LogP contribution in [0.4, 0.5) is 0 Å². The van der Waals surface area contributed by atoms with Crippen molar-refractivity contribution < 1.29 is 18.6 Å². The van der Waals surface area contributed by atoms with Gasteiger partial charge in [-0.15, -0.1) is 0 Å². The minimum Gasteiger partial charge on any atom is -0.584 e. The SMILES string of the molecule is [NH-]NC(N)=S.[NH-]NC(N)=S.[NH-]NC(N)=S.[V]. The normalized spacial score (nSPS) is 6.19. The summed E-state index contributed by atoms with van der Waals surface area (Å²) in [7, 11) is 0. The number of thiocarbonyl (C=S) groups is 3. The van der Waals surface area contributed by atoms with E-state index in [1.165, 1.54) is 0 Å². The molecule has 0 unspecified atom stereocenters. The molecule has 0 saturated heterocycles. The number of rotatable bonds is 0. The molecule has 9 nitrogen and oxygen atoms in total. The molecule has 0 saturated carbocycles. The van der Waals surface area contributed by atoms with Gasteiger partial charge in [0, 0.05) is 18.6 Å². The summed E-state index contributed by atoms with van der Waals surface area (Å²) in [6, 6.07) is 0. The van der Waals surface area contributed by atoms with Gasteiger partial charge in [-0.2, -0.15) is 0 Å². The van der Waals surface area contributed by atoms with E-state index in [1.807, 2.05) is 0 Å². The second kappa shape index (κ2) is 20.0. The molecule has 0 bridgehead atoms. The molecular formula is C3H12N9S3V-3. The summed E-state index contributed by atoms with van der Waals surface area (Å²) in [4.78, 5) is 0. The molecule has 0 aromatic heterocycles. The summed E-state index contributed by atoms with van der Waals surface area (Å²) in [5.74, 6) is 18.4. The predicted molar refractivity (Wildman–Crippen MR) is 72.7 cm³/mol. The zero-order chi connectivity index (χ0) is 12.9. The predicted octanol–water partition coefficient (Wildman–Crippen LogP) is -0.642. The summed E-state index contributed by atoms with van der Waals surface area (Å²) in [6.07, 6.45) is 0. The molecule has 0 rings (SSSR count). The molecule has 0 atom stereocenters. The van der Waals surface area contributed by atoms with Crippen LogP contribution in [0, 0.1) is 0 Å². The molecule has 0 aromatic carbocycles. The molecular weight excluding hydrogens is 309 g/mol. The van der Waals surface area contributed by atoms with Gasteiger partial charge in [0.25, 0.3) is 0 Å². The monoisotopic (exact) mass is 321 g/mol. The van der Waals surface area contributed by atoms with Crippen LogP contribution in [-0.4, -0.2) is 15.3 Å². The molecule has 0 fully saturated rings. The van der Waals surface area contributed by atoms with Crippen molar-refractivity contribution in [3.8, 4) is 0 Å². The molecule has 1 radical (unpaired) electrons. The molecule has 0 aliphatic rings. The van der Waals surface area contributed by atoms with Crippen molar-refractivity contribution in [2.75, 3.05) is 0 Å². The average Bonchev–Trinajstić information content (AvgIpc) is 2.19. The van der Waals surface area contributed by atoms with Gasteiger partial charge in [0.05, 0.1) is 0 Å². The van der Waals surface area contributed by atoms with Crippen molar-refractivity contribution in [1.82, 2.24) is 16.3 Å². The first-order valence-electron chi connectivity index (χ1n) is 2.98. The molecule has 0 spiro atoms. The van der Waals surface area contributed by atoms with Crippen LogP contribution < -0.4 is 33.5 Å². The van der Waals surface area contributed by atoms with Crippen LogP contribution >= 0.6 is 36.7 Å². The molecule has 0 aliphatic heterocycles. The van der Waals surface area contributed by atoms with Gasteiger partial charge in [0.15, 0.2) is 0 Å². The summed E-state index contributed by atoms with van der Waals surface area (Å²) in [5.41, 5.74) is 19.5. The van der Waals surface area contributed by atoms with Crippen molar-refractivity contribution in [2.24, 2.45) is 17.2 Å². The van der Waals surface area contributed by atoms with Gasteiger partial charge < -0.3 is 51.0 Å². The topological polar surface area (TPSA) is 186 Å². The minimum atomic E-state index is 0. The summed E-state index contributed by atoms with van der Waals surface area (Å²) in [5, 5.41) is 0.0139. The van der Waals surface area contributed by atoms with E-state index >= 15 is 0 Å². The van der Waals surface area contributed by atoms with Crippen LogP contribution in [0.15, 0.2) is 0 Å². The zero-order valence-corrected chi connectivity index (χ0v) is 11.8. The van der Waals surface area contributed by atoms with Crippen LogP contribution in [0.3, 0.4) is 0 Å². The number of nitrogens with one attached hydrogen (secondary N) is 6. The Balaban J connectivity index is -0.0000000655. The third kappa shape index (κ3) is 69.4. The maximum absolute atomic E-state index is 6.14. The Bertz CT molecular complexity index is 165. The van der Waals surface area contributed by atoms with E-state index in [0.29, 0.717) is 0 Å². The third-order valence-corrected chi connectivity index (χ3v) is 0.676. The number of hydrogen-bond acceptors (Lipinski definition) is 3. The summed E-state index contributed by atoms with van der Waals surface area (Å²) >= 11 is 12.5. The molecule has 16 heavy (non-hydrogen) atoms. The van der Waals surface area contributed by atoms with Gasteiger partial charge >= 0.3 is 0 Å². The fraction of sp³-hybridized carbons (Fsp3) is 0. The van der Waals surface area contributed by atoms with E-state index in [9.17, 15) is 0 Å². The Kier molecular flexibility index (Phi) is 30.9. The largest absolute Gasteiger partial charge is 0.584 e. The Morgan fingerprint density at radius 2 is 0.750 bits per heavy atom. The zero-order valence-electron chi connectivity index (χ0n) is 7.90. The van der Waals surface area contributed by atoms with Crippen LogP contribution in [0.2, 0.25) is 0 Å². The quantitative estimate of drug-likeness (QED) is 0.249. The van der Waals surface area contributed by atoms with E-state index in [4.69, 9.17) is 34.7 Å². The van der Waals surface area contributed by atoms with Crippen molar-refractivity contribution in [1.29, 1.82) is 0 Å². The Hall–Kier alpha value is -0.466. The van der Waals surface area contributed by atoms with E-state index < -0.39 is 0 Å².